The largest absolute Gasteiger partial charge is 0.496 e. The molecule has 7 heterocycles. The Kier molecular flexibility index (Phi) is 16.4. The minimum Gasteiger partial charge on any atom is -0.496 e. The van der Waals surface area contributed by atoms with E-state index in [1.54, 1.807) is 60.4 Å². The maximum atomic E-state index is 14.6. The maximum Gasteiger partial charge on any atom is 0.330 e. The summed E-state index contributed by atoms with van der Waals surface area (Å²) in [6.07, 6.45) is 7.39. The van der Waals surface area contributed by atoms with Crippen LogP contribution in [0.25, 0.3) is 55.1 Å². The molecule has 9 aromatic rings. The molecule has 0 radical (unpaired) electrons. The van der Waals surface area contributed by atoms with Gasteiger partial charge in [0.1, 0.15) is 29.6 Å². The number of likely N-dealkylation sites (N-methyl/N-ethyl adjacent to an activating group) is 1. The molecular formula is C60H68N12O9. The molecule has 0 saturated carbocycles. The van der Waals surface area contributed by atoms with Gasteiger partial charge >= 0.3 is 5.69 Å². The number of nitrogens with one attached hydrogen (secondary N) is 2. The molecule has 7 aromatic heterocycles. The van der Waals surface area contributed by atoms with Crippen LogP contribution in [0, 0.1) is 38.5 Å². The van der Waals surface area contributed by atoms with Gasteiger partial charge in [-0.1, -0.05) is 50.1 Å². The quantitative estimate of drug-likeness (QED) is 0.0571. The molecule has 0 bridgehead atoms. The first-order chi connectivity index (χ1) is 38.7. The Bertz CT molecular complexity index is 3810. The molecule has 0 aliphatic rings. The van der Waals surface area contributed by atoms with Gasteiger partial charge < -0.3 is 43.7 Å². The van der Waals surface area contributed by atoms with Crippen LogP contribution in [0.5, 0.6) is 11.5 Å². The van der Waals surface area contributed by atoms with E-state index in [0.717, 1.165) is 28.7 Å². The van der Waals surface area contributed by atoms with Crippen molar-refractivity contribution in [3.8, 4) is 33.8 Å². The van der Waals surface area contributed by atoms with Gasteiger partial charge in [-0.05, 0) is 83.1 Å². The monoisotopic (exact) mass is 1100 g/mol. The Morgan fingerprint density at radius 3 is 1.86 bits per heavy atom. The first kappa shape index (κ1) is 56.7. The van der Waals surface area contributed by atoms with E-state index >= 15 is 0 Å². The number of fused-ring (bicyclic) bond motifs is 4. The van der Waals surface area contributed by atoms with E-state index in [1.807, 2.05) is 123 Å². The van der Waals surface area contributed by atoms with Crippen LogP contribution in [0.15, 0.2) is 99.3 Å². The van der Waals surface area contributed by atoms with Crippen LogP contribution < -0.4 is 35.6 Å². The van der Waals surface area contributed by atoms with Gasteiger partial charge in [-0.3, -0.25) is 43.5 Å². The Morgan fingerprint density at radius 1 is 0.753 bits per heavy atom. The van der Waals surface area contributed by atoms with Crippen molar-refractivity contribution in [2.24, 2.45) is 10.8 Å². The molecule has 0 saturated heterocycles. The third kappa shape index (κ3) is 11.8. The van der Waals surface area contributed by atoms with Crippen LogP contribution in [0.1, 0.15) is 75.0 Å². The minimum atomic E-state index is -0.519. The zero-order valence-corrected chi connectivity index (χ0v) is 47.8. The van der Waals surface area contributed by atoms with Crippen molar-refractivity contribution in [2.45, 2.75) is 81.4 Å². The number of hydrogen-bond donors (Lipinski definition) is 2. The highest BCUT2D eigenvalue weighted by Gasteiger charge is 2.29. The van der Waals surface area contributed by atoms with Crippen molar-refractivity contribution in [3.05, 3.63) is 130 Å². The number of aromatic nitrogens is 8. The van der Waals surface area contributed by atoms with Crippen LogP contribution >= 0.6 is 0 Å². The van der Waals surface area contributed by atoms with Gasteiger partial charge in [0.25, 0.3) is 0 Å². The number of carbonyl (C=O) groups excluding carboxylic acids is 3. The van der Waals surface area contributed by atoms with E-state index in [1.165, 1.54) is 4.57 Å². The number of nitrogens with zero attached hydrogens (tertiary/aromatic N) is 10. The first-order valence-corrected chi connectivity index (χ1v) is 26.6. The van der Waals surface area contributed by atoms with Crippen LogP contribution in [0.2, 0.25) is 0 Å². The van der Waals surface area contributed by atoms with Crippen molar-refractivity contribution in [2.75, 3.05) is 63.9 Å². The zero-order valence-electron chi connectivity index (χ0n) is 47.8. The molecule has 422 valence electrons. The van der Waals surface area contributed by atoms with Crippen molar-refractivity contribution in [1.82, 2.24) is 50.0 Å². The summed E-state index contributed by atoms with van der Waals surface area (Å²) in [5.41, 5.74) is 7.72. The summed E-state index contributed by atoms with van der Waals surface area (Å²) in [4.78, 5) is 77.3. The molecule has 2 aromatic carbocycles. The van der Waals surface area contributed by atoms with E-state index < -0.39 is 22.6 Å². The molecule has 0 fully saturated rings. The summed E-state index contributed by atoms with van der Waals surface area (Å²) in [6.45, 7) is 18.2. The second-order valence-electron chi connectivity index (χ2n) is 22.0. The second-order valence-corrected chi connectivity index (χ2v) is 22.0. The maximum absolute atomic E-state index is 14.6. The molecule has 0 aliphatic heterocycles. The number of imidazole rings is 1. The SMILES string of the molecule is COc1cc2c(N(C=O)Cc3ccccn3)c(N(C)CC(=O)NCC(C)(C)COCC(C)(C)CNC(=O)Cn3c(=O)n(C(C)c4ccccn4)c4c5cc(OC)c(-c6c(C)noc6C)cc5ncc43)cnc2cc1-c1c(C)noc1C. The lowest BCUT2D eigenvalue weighted by Crippen LogP contribution is -2.43. The molecular weight excluding hydrogens is 1030 g/mol. The lowest BCUT2D eigenvalue weighted by atomic mass is 9.93. The fraction of sp³-hybridized carbons (Fsp3) is 0.367. The molecule has 0 aliphatic carbocycles. The van der Waals surface area contributed by atoms with Crippen LogP contribution in [-0.4, -0.2) is 112 Å². The van der Waals surface area contributed by atoms with Gasteiger partial charge in [-0.15, -0.1) is 0 Å². The highest BCUT2D eigenvalue weighted by atomic mass is 16.5. The number of methoxy groups -OCH3 is 2. The highest BCUT2D eigenvalue weighted by Crippen LogP contribution is 2.43. The fourth-order valence-corrected chi connectivity index (χ4v) is 10.3. The number of amides is 3. The van der Waals surface area contributed by atoms with Gasteiger partial charge in [0.15, 0.2) is 0 Å². The second kappa shape index (κ2) is 23.4. The van der Waals surface area contributed by atoms with Gasteiger partial charge in [-0.25, -0.2) is 4.79 Å². The molecule has 1 unspecified atom stereocenters. The zero-order chi connectivity index (χ0) is 57.9. The molecule has 21 heteroatoms. The fourth-order valence-electron chi connectivity index (χ4n) is 10.3. The summed E-state index contributed by atoms with van der Waals surface area (Å²) >= 11 is 0. The average molecular weight is 1100 g/mol. The van der Waals surface area contributed by atoms with Crippen molar-refractivity contribution in [1.29, 1.82) is 0 Å². The summed E-state index contributed by atoms with van der Waals surface area (Å²) in [5.74, 6) is 1.70. The molecule has 9 rings (SSSR count). The smallest absolute Gasteiger partial charge is 0.330 e. The minimum absolute atomic E-state index is 0.0582. The average Bonchev–Trinajstić information content (AvgIpc) is 4.33. The van der Waals surface area contributed by atoms with Crippen LogP contribution in [0.4, 0.5) is 11.4 Å². The van der Waals surface area contributed by atoms with E-state index in [9.17, 15) is 19.2 Å². The third-order valence-corrected chi connectivity index (χ3v) is 14.4. The van der Waals surface area contributed by atoms with Gasteiger partial charge in [-0.2, -0.15) is 0 Å². The highest BCUT2D eigenvalue weighted by molar-refractivity contribution is 6.07. The number of carbonyl (C=O) groups is 3. The predicted molar refractivity (Wildman–Crippen MR) is 308 cm³/mol. The van der Waals surface area contributed by atoms with Crippen molar-refractivity contribution < 1.29 is 37.6 Å². The van der Waals surface area contributed by atoms with E-state index in [4.69, 9.17) is 33.2 Å². The number of anilines is 2. The van der Waals surface area contributed by atoms with E-state index in [2.05, 4.69) is 30.9 Å². The number of aryl methyl sites for hydroxylation is 4. The first-order valence-electron chi connectivity index (χ1n) is 26.6. The molecule has 0 spiro atoms. The molecule has 21 nitrogen and oxygen atoms in total. The number of rotatable bonds is 23. The van der Waals surface area contributed by atoms with Gasteiger partial charge in [0, 0.05) is 65.3 Å². The summed E-state index contributed by atoms with van der Waals surface area (Å²) < 4.78 is 32.2. The van der Waals surface area contributed by atoms with Gasteiger partial charge in [0.05, 0.1) is 126 Å². The number of hydrogen-bond acceptors (Lipinski definition) is 16. The normalized spacial score (nSPS) is 12.2. The van der Waals surface area contributed by atoms with Gasteiger partial charge in [0.2, 0.25) is 18.2 Å². The van der Waals surface area contributed by atoms with Crippen LogP contribution in [-0.2, 0) is 32.2 Å². The van der Waals surface area contributed by atoms with Crippen LogP contribution in [0.3, 0.4) is 0 Å². The van der Waals surface area contributed by atoms with E-state index in [-0.39, 0.29) is 44.6 Å². The van der Waals surface area contributed by atoms with Crippen molar-refractivity contribution >= 4 is 62.4 Å². The molecule has 3 amide bonds. The predicted octanol–water partition coefficient (Wildman–Crippen LogP) is 8.46. The summed E-state index contributed by atoms with van der Waals surface area (Å²) in [6, 6.07) is 18.0. The Morgan fingerprint density at radius 2 is 1.32 bits per heavy atom. The standard InChI is InChI=1S/C60H68N12O9/c1-35-54(38(4)80-67-35)43-21-46-41(23-50(43)77-11)56(70(34-73)27-40-17-13-15-19-61-40)48(25-63-46)69(10)28-52(74)65-30-59(6,7)32-79-33-60(8,9)31-66-53(75)29-71-49-26-64-47-22-44(55-36(2)68-81-39(55)5)51(78-12)24-42(47)57(49)72(58(71)76)37(3)45-18-14-16-20-62-45/h13-26,34,37H,27-33H2,1-12H3,(H,65,74)(H,66,75). The Balaban J connectivity index is 0.853. The van der Waals surface area contributed by atoms with Crippen molar-refractivity contribution in [3.63, 3.8) is 0 Å². The van der Waals surface area contributed by atoms with E-state index in [0.29, 0.717) is 103 Å². The Hall–Kier alpha value is -8.98. The lowest BCUT2D eigenvalue weighted by molar-refractivity contribution is -0.122. The summed E-state index contributed by atoms with van der Waals surface area (Å²) in [7, 11) is 4.93. The molecule has 81 heavy (non-hydrogen) atoms. The Labute approximate surface area is 468 Å². The summed E-state index contributed by atoms with van der Waals surface area (Å²) in [5, 5.41) is 15.7. The molecule has 1 atom stereocenters. The number of ether oxygens (including phenoxy) is 3. The topological polar surface area (TPSA) is 240 Å². The number of benzene rings is 2. The number of pyridine rings is 4. The third-order valence-electron chi connectivity index (χ3n) is 14.4. The molecule has 2 N–H and O–H groups in total. The lowest BCUT2D eigenvalue weighted by Gasteiger charge is -2.30.